The molecular formula is C24H26ClNO5. The van der Waals surface area contributed by atoms with Crippen molar-refractivity contribution in [3.63, 3.8) is 0 Å². The summed E-state index contributed by atoms with van der Waals surface area (Å²) < 4.78 is 12.2. The quantitative estimate of drug-likeness (QED) is 0.744. The molecule has 2 aromatic carbocycles. The number of halogens is 1. The van der Waals surface area contributed by atoms with Gasteiger partial charge < -0.3 is 24.6 Å². The minimum absolute atomic E-state index is 0.192. The number of carbonyl (C=O) groups is 1. The molecule has 2 N–H and O–H groups in total. The van der Waals surface area contributed by atoms with Gasteiger partial charge in [0.2, 0.25) is 0 Å². The lowest BCUT2D eigenvalue weighted by atomic mass is 9.72. The lowest BCUT2D eigenvalue weighted by Gasteiger charge is -2.44. The topological polar surface area (TPSA) is 79.2 Å². The van der Waals surface area contributed by atoms with Gasteiger partial charge in [0.05, 0.1) is 29.9 Å². The first-order valence-corrected chi connectivity index (χ1v) is 11.2. The van der Waals surface area contributed by atoms with Crippen LogP contribution in [0.4, 0.5) is 5.69 Å². The summed E-state index contributed by atoms with van der Waals surface area (Å²) in [6.45, 7) is 2.70. The van der Waals surface area contributed by atoms with Crippen LogP contribution in [0.2, 0.25) is 5.02 Å². The molecule has 6 nitrogen and oxygen atoms in total. The Bertz CT molecular complexity index is 1010. The number of hydrogen-bond donors (Lipinski definition) is 2. The van der Waals surface area contributed by atoms with E-state index < -0.39 is 5.97 Å². The van der Waals surface area contributed by atoms with Crippen molar-refractivity contribution in [3.05, 3.63) is 52.5 Å². The van der Waals surface area contributed by atoms with Crippen LogP contribution in [0.1, 0.15) is 35.2 Å². The number of nitrogens with zero attached hydrogens (tertiary/aromatic N) is 1. The van der Waals surface area contributed by atoms with Crippen molar-refractivity contribution in [2.24, 2.45) is 11.8 Å². The van der Waals surface area contributed by atoms with Gasteiger partial charge in [0.25, 0.3) is 0 Å². The van der Waals surface area contributed by atoms with E-state index in [1.54, 1.807) is 18.2 Å². The van der Waals surface area contributed by atoms with Crippen LogP contribution in [0, 0.1) is 11.8 Å². The molecule has 0 amide bonds. The van der Waals surface area contributed by atoms with Gasteiger partial charge >= 0.3 is 5.97 Å². The summed E-state index contributed by atoms with van der Waals surface area (Å²) in [5.74, 6) is 1.21. The zero-order chi connectivity index (χ0) is 21.6. The fourth-order valence-electron chi connectivity index (χ4n) is 5.16. The molecule has 1 fully saturated rings. The fourth-order valence-corrected chi connectivity index (χ4v) is 5.32. The number of anilines is 1. The summed E-state index contributed by atoms with van der Waals surface area (Å²) in [6, 6.07) is 10.8. The number of hydrogen-bond acceptors (Lipinski definition) is 5. The van der Waals surface area contributed by atoms with Crippen LogP contribution in [0.15, 0.2) is 36.4 Å². The van der Waals surface area contributed by atoms with Crippen molar-refractivity contribution in [3.8, 4) is 11.5 Å². The third kappa shape index (κ3) is 3.62. The largest absolute Gasteiger partial charge is 0.493 e. The Kier molecular flexibility index (Phi) is 5.22. The number of aliphatic hydroxyl groups excluding tert-OH is 1. The normalized spacial score (nSPS) is 26.7. The summed E-state index contributed by atoms with van der Waals surface area (Å²) in [5.41, 5.74) is 1.84. The molecule has 164 valence electrons. The first kappa shape index (κ1) is 20.5. The molecule has 3 atom stereocenters. The zero-order valence-corrected chi connectivity index (χ0v) is 18.0. The highest BCUT2D eigenvalue weighted by molar-refractivity contribution is 6.30. The van der Waals surface area contributed by atoms with Gasteiger partial charge in [-0.3, -0.25) is 0 Å². The Labute approximate surface area is 186 Å². The van der Waals surface area contributed by atoms with Gasteiger partial charge in [-0.2, -0.15) is 0 Å². The maximum atomic E-state index is 11.6. The summed E-state index contributed by atoms with van der Waals surface area (Å²) in [6.07, 6.45) is 2.90. The van der Waals surface area contributed by atoms with Crippen LogP contribution in [0.5, 0.6) is 11.5 Å². The minimum Gasteiger partial charge on any atom is -0.493 e. The number of aliphatic hydroxyl groups is 1. The summed E-state index contributed by atoms with van der Waals surface area (Å²) in [7, 11) is 0. The van der Waals surface area contributed by atoms with Crippen LogP contribution in [-0.4, -0.2) is 49.1 Å². The first-order chi connectivity index (χ1) is 15.0. The van der Waals surface area contributed by atoms with Crippen molar-refractivity contribution >= 4 is 23.3 Å². The van der Waals surface area contributed by atoms with Crippen LogP contribution in [0.25, 0.3) is 0 Å². The number of carboxylic acid groups (broad SMARTS) is 1. The predicted octanol–water partition coefficient (Wildman–Crippen LogP) is 3.98. The Morgan fingerprint density at radius 2 is 1.97 bits per heavy atom. The Morgan fingerprint density at radius 1 is 1.13 bits per heavy atom. The molecule has 0 bridgehead atoms. The number of fused-ring (bicyclic) bond motifs is 3. The lowest BCUT2D eigenvalue weighted by molar-refractivity contribution is 0.0697. The molecular weight excluding hydrogens is 418 g/mol. The average molecular weight is 444 g/mol. The van der Waals surface area contributed by atoms with Gasteiger partial charge in [0.15, 0.2) is 0 Å². The van der Waals surface area contributed by atoms with Gasteiger partial charge in [-0.05, 0) is 61.4 Å². The highest BCUT2D eigenvalue weighted by Gasteiger charge is 2.44. The number of benzene rings is 2. The van der Waals surface area contributed by atoms with Gasteiger partial charge in [-0.25, -0.2) is 4.79 Å². The molecule has 2 aromatic rings. The molecule has 0 saturated heterocycles. The van der Waals surface area contributed by atoms with E-state index in [0.717, 1.165) is 42.8 Å². The van der Waals surface area contributed by atoms with Gasteiger partial charge in [-0.1, -0.05) is 17.7 Å². The first-order valence-electron chi connectivity index (χ1n) is 10.8. The molecule has 2 aliphatic heterocycles. The molecule has 0 aromatic heterocycles. The molecule has 7 heteroatoms. The summed E-state index contributed by atoms with van der Waals surface area (Å²) >= 11 is 6.21. The van der Waals surface area contributed by atoms with Gasteiger partial charge in [-0.15, -0.1) is 0 Å². The van der Waals surface area contributed by atoms with E-state index in [1.807, 2.05) is 18.2 Å². The second-order valence-electron chi connectivity index (χ2n) is 8.96. The highest BCUT2D eigenvalue weighted by atomic mass is 35.5. The zero-order valence-electron chi connectivity index (χ0n) is 17.2. The van der Waals surface area contributed by atoms with E-state index in [1.165, 1.54) is 0 Å². The van der Waals surface area contributed by atoms with E-state index in [-0.39, 0.29) is 17.6 Å². The summed E-state index contributed by atoms with van der Waals surface area (Å²) in [5, 5.41) is 19.9. The Morgan fingerprint density at radius 3 is 2.71 bits per heavy atom. The molecule has 31 heavy (non-hydrogen) atoms. The third-order valence-corrected chi connectivity index (χ3v) is 7.40. The molecule has 1 aliphatic carbocycles. The average Bonchev–Trinajstić information content (AvgIpc) is 2.89. The second-order valence-corrected chi connectivity index (χ2v) is 9.39. The second kappa shape index (κ2) is 7.92. The molecule has 5 rings (SSSR count). The summed E-state index contributed by atoms with van der Waals surface area (Å²) in [4.78, 5) is 13.9. The molecule has 3 aliphatic rings. The monoisotopic (exact) mass is 443 g/mol. The van der Waals surface area contributed by atoms with E-state index in [9.17, 15) is 15.0 Å². The number of ether oxygens (including phenoxy) is 2. The van der Waals surface area contributed by atoms with Crippen molar-refractivity contribution < 1.29 is 24.5 Å². The fraction of sp³-hybridized carbons (Fsp3) is 0.458. The molecule has 1 spiro atoms. The van der Waals surface area contributed by atoms with Crippen molar-refractivity contribution in [1.29, 1.82) is 0 Å². The van der Waals surface area contributed by atoms with Crippen molar-refractivity contribution in [2.45, 2.75) is 24.7 Å². The van der Waals surface area contributed by atoms with Gasteiger partial charge in [0, 0.05) is 30.3 Å². The van der Waals surface area contributed by atoms with E-state index in [2.05, 4.69) is 4.90 Å². The van der Waals surface area contributed by atoms with Crippen LogP contribution in [0.3, 0.4) is 0 Å². The van der Waals surface area contributed by atoms with Crippen molar-refractivity contribution in [2.75, 3.05) is 37.8 Å². The maximum Gasteiger partial charge on any atom is 0.335 e. The minimum atomic E-state index is -0.954. The Balaban J connectivity index is 1.56. The van der Waals surface area contributed by atoms with Crippen LogP contribution < -0.4 is 14.4 Å². The standard InChI is InChI=1S/C24H26ClNO5/c25-18-4-5-19-22(10-18)30-8-7-24(19)13-26(11-16-1-2-17(16)12-27)20-9-15(23(28)29)3-6-21(20)31-14-24/h3-6,9-10,16-17,27H,1-2,7-8,11-14H2,(H,28,29)/t16-,17-,24-/m0/s1. The van der Waals surface area contributed by atoms with Crippen LogP contribution >= 0.6 is 11.6 Å². The third-order valence-electron chi connectivity index (χ3n) is 7.16. The van der Waals surface area contributed by atoms with E-state index in [0.29, 0.717) is 42.4 Å². The maximum absolute atomic E-state index is 11.6. The number of aromatic carboxylic acids is 1. The van der Waals surface area contributed by atoms with Gasteiger partial charge in [0.1, 0.15) is 11.5 Å². The number of rotatable bonds is 4. The molecule has 1 saturated carbocycles. The Hall–Kier alpha value is -2.44. The van der Waals surface area contributed by atoms with Crippen molar-refractivity contribution in [1.82, 2.24) is 0 Å². The van der Waals surface area contributed by atoms with Crippen LogP contribution in [-0.2, 0) is 5.41 Å². The molecule has 0 radical (unpaired) electrons. The number of carboxylic acids is 1. The molecule has 0 unspecified atom stereocenters. The predicted molar refractivity (Wildman–Crippen MR) is 118 cm³/mol. The smallest absolute Gasteiger partial charge is 0.335 e. The SMILES string of the molecule is O=C(O)c1ccc2c(c1)N(C[C@@H]1CC[C@H]1CO)C[C@@]1(CCOc3cc(Cl)ccc31)CO2. The van der Waals surface area contributed by atoms with E-state index in [4.69, 9.17) is 21.1 Å². The van der Waals surface area contributed by atoms with E-state index >= 15 is 0 Å². The lowest BCUT2D eigenvalue weighted by Crippen LogP contribution is -2.49. The highest BCUT2D eigenvalue weighted by Crippen LogP contribution is 2.46. The molecule has 2 heterocycles.